The van der Waals surface area contributed by atoms with Crippen molar-refractivity contribution in [2.75, 3.05) is 37.9 Å². The second-order valence-corrected chi connectivity index (χ2v) is 6.18. The zero-order chi connectivity index (χ0) is 18.7. The van der Waals surface area contributed by atoms with Crippen LogP contribution in [0, 0.1) is 11.3 Å². The number of carbonyl (C=O) groups excluding carboxylic acids is 1. The molecule has 1 aromatic carbocycles. The smallest absolute Gasteiger partial charge is 0.357 e. The van der Waals surface area contributed by atoms with Crippen molar-refractivity contribution in [1.82, 2.24) is 4.57 Å². The first-order valence-electron chi connectivity index (χ1n) is 8.53. The number of esters is 1. The number of nitrogens with zero attached hydrogens (tertiary/aromatic N) is 3. The van der Waals surface area contributed by atoms with Crippen molar-refractivity contribution in [3.05, 3.63) is 35.7 Å². The number of ether oxygens (including phenoxy) is 2. The summed E-state index contributed by atoms with van der Waals surface area (Å²) < 4.78 is 12.0. The monoisotopic (exact) mass is 354 g/mol. The van der Waals surface area contributed by atoms with Gasteiger partial charge in [-0.1, -0.05) is 0 Å². The number of benzene rings is 1. The summed E-state index contributed by atoms with van der Waals surface area (Å²) in [5, 5.41) is 9.25. The van der Waals surface area contributed by atoms with Gasteiger partial charge in [0.15, 0.2) is 5.69 Å². The van der Waals surface area contributed by atoms with Crippen molar-refractivity contribution < 1.29 is 14.3 Å². The number of hydrogen-bond donors (Lipinski definition) is 1. The van der Waals surface area contributed by atoms with Crippen LogP contribution < -0.4 is 15.4 Å². The molecule has 0 unspecified atom stereocenters. The van der Waals surface area contributed by atoms with E-state index in [0.29, 0.717) is 11.4 Å². The van der Waals surface area contributed by atoms with E-state index in [9.17, 15) is 10.1 Å². The molecule has 0 amide bonds. The van der Waals surface area contributed by atoms with Gasteiger partial charge in [-0.3, -0.25) is 0 Å². The van der Waals surface area contributed by atoms with E-state index in [-0.39, 0.29) is 16.9 Å². The second kappa shape index (κ2) is 7.40. The van der Waals surface area contributed by atoms with Crippen LogP contribution in [0.1, 0.15) is 35.3 Å². The lowest BCUT2D eigenvalue weighted by Crippen LogP contribution is -2.29. The fourth-order valence-corrected chi connectivity index (χ4v) is 3.33. The Morgan fingerprint density at radius 2 is 1.96 bits per heavy atom. The molecule has 0 bridgehead atoms. The third kappa shape index (κ3) is 3.06. The predicted octanol–water partition coefficient (Wildman–Crippen LogP) is 2.72. The molecule has 0 aliphatic carbocycles. The fourth-order valence-electron chi connectivity index (χ4n) is 3.33. The maximum atomic E-state index is 12.2. The number of methoxy groups -OCH3 is 2. The first-order valence-corrected chi connectivity index (χ1v) is 8.53. The molecule has 3 rings (SSSR count). The Labute approximate surface area is 152 Å². The normalized spacial score (nSPS) is 14.0. The zero-order valence-electron chi connectivity index (χ0n) is 15.0. The summed E-state index contributed by atoms with van der Waals surface area (Å²) in [5.74, 6) is 0.120. The van der Waals surface area contributed by atoms with E-state index in [4.69, 9.17) is 15.2 Å². The molecule has 1 saturated heterocycles. The lowest BCUT2D eigenvalue weighted by atomic mass is 10.1. The number of carbonyl (C=O) groups is 1. The number of nitrogen functional groups attached to an aromatic ring is 1. The van der Waals surface area contributed by atoms with Gasteiger partial charge in [0.2, 0.25) is 0 Å². The lowest BCUT2D eigenvalue weighted by Gasteiger charge is -2.30. The van der Waals surface area contributed by atoms with Gasteiger partial charge in [0.05, 0.1) is 31.2 Å². The highest BCUT2D eigenvalue weighted by atomic mass is 16.5. The number of hydrogen-bond acceptors (Lipinski definition) is 6. The molecule has 2 heterocycles. The fraction of sp³-hybridized carbons (Fsp3) is 0.368. The lowest BCUT2D eigenvalue weighted by molar-refractivity contribution is 0.0593. The van der Waals surface area contributed by atoms with Gasteiger partial charge >= 0.3 is 5.97 Å². The molecule has 1 fully saturated rings. The summed E-state index contributed by atoms with van der Waals surface area (Å²) in [6.45, 7) is 2.00. The summed E-state index contributed by atoms with van der Waals surface area (Å²) in [7, 11) is 2.91. The van der Waals surface area contributed by atoms with Crippen molar-refractivity contribution in [3.8, 4) is 17.5 Å². The summed E-state index contributed by atoms with van der Waals surface area (Å²) in [6, 6.07) is 7.71. The quantitative estimate of drug-likeness (QED) is 0.849. The molecule has 0 radical (unpaired) electrons. The van der Waals surface area contributed by atoms with Gasteiger partial charge in [0.1, 0.15) is 11.8 Å². The molecule has 1 aromatic heterocycles. The van der Waals surface area contributed by atoms with Gasteiger partial charge in [0, 0.05) is 31.0 Å². The standard InChI is InChI=1S/C19H22N4O3/c1-25-16-10-14(6-7-15(16)22-8-4-3-5-9-22)23-12-13(11-20)17(21)18(23)19(24)26-2/h6-7,10,12H,3-5,8-9,21H2,1-2H3. The third-order valence-electron chi connectivity index (χ3n) is 4.68. The van der Waals surface area contributed by atoms with Crippen LogP contribution in [0.4, 0.5) is 11.4 Å². The van der Waals surface area contributed by atoms with Crippen molar-refractivity contribution in [1.29, 1.82) is 5.26 Å². The SMILES string of the molecule is COC(=O)c1c(N)c(C#N)cn1-c1ccc(N2CCCCC2)c(OC)c1. The van der Waals surface area contributed by atoms with E-state index >= 15 is 0 Å². The second-order valence-electron chi connectivity index (χ2n) is 6.18. The Balaban J connectivity index is 2.08. The van der Waals surface area contributed by atoms with Crippen LogP contribution in [-0.4, -0.2) is 37.8 Å². The van der Waals surface area contributed by atoms with Crippen LogP contribution in [0.3, 0.4) is 0 Å². The summed E-state index contributed by atoms with van der Waals surface area (Å²) in [5.41, 5.74) is 8.14. The number of piperidine rings is 1. The average Bonchev–Trinajstić information content (AvgIpc) is 3.03. The maximum absolute atomic E-state index is 12.2. The minimum absolute atomic E-state index is 0.110. The molecule has 1 aliphatic rings. The molecule has 26 heavy (non-hydrogen) atoms. The largest absolute Gasteiger partial charge is 0.495 e. The van der Waals surface area contributed by atoms with E-state index in [1.54, 1.807) is 11.7 Å². The van der Waals surface area contributed by atoms with Crippen LogP contribution in [0.5, 0.6) is 5.75 Å². The Morgan fingerprint density at radius 3 is 2.58 bits per heavy atom. The Hall–Kier alpha value is -3.14. The molecule has 0 spiro atoms. The minimum atomic E-state index is -0.594. The molecule has 7 heteroatoms. The van der Waals surface area contributed by atoms with Crippen LogP contribution in [-0.2, 0) is 4.74 Å². The topological polar surface area (TPSA) is 93.5 Å². The van der Waals surface area contributed by atoms with Crippen LogP contribution in [0.15, 0.2) is 24.4 Å². The Morgan fingerprint density at radius 1 is 1.23 bits per heavy atom. The van der Waals surface area contributed by atoms with E-state index in [1.807, 2.05) is 24.3 Å². The molecule has 1 aliphatic heterocycles. The molecule has 7 nitrogen and oxygen atoms in total. The highest BCUT2D eigenvalue weighted by Crippen LogP contribution is 2.34. The molecular weight excluding hydrogens is 332 g/mol. The van der Waals surface area contributed by atoms with Gasteiger partial charge in [-0.05, 0) is 31.4 Å². The zero-order valence-corrected chi connectivity index (χ0v) is 15.0. The van der Waals surface area contributed by atoms with Crippen molar-refractivity contribution in [2.24, 2.45) is 0 Å². The van der Waals surface area contributed by atoms with Gasteiger partial charge in [-0.15, -0.1) is 0 Å². The Bertz CT molecular complexity index is 860. The molecule has 2 N–H and O–H groups in total. The van der Waals surface area contributed by atoms with Crippen LogP contribution in [0.2, 0.25) is 0 Å². The van der Waals surface area contributed by atoms with Crippen LogP contribution in [0.25, 0.3) is 5.69 Å². The van der Waals surface area contributed by atoms with Gasteiger partial charge in [-0.2, -0.15) is 5.26 Å². The molecule has 136 valence electrons. The summed E-state index contributed by atoms with van der Waals surface area (Å²) in [6.07, 6.45) is 5.12. The molecule has 2 aromatic rings. The highest BCUT2D eigenvalue weighted by Gasteiger charge is 2.23. The van der Waals surface area contributed by atoms with Gasteiger partial charge in [-0.25, -0.2) is 4.79 Å². The number of anilines is 2. The van der Waals surface area contributed by atoms with Crippen molar-refractivity contribution in [2.45, 2.75) is 19.3 Å². The molecular formula is C19H22N4O3. The van der Waals surface area contributed by atoms with E-state index in [2.05, 4.69) is 4.90 Å². The van der Waals surface area contributed by atoms with Crippen molar-refractivity contribution in [3.63, 3.8) is 0 Å². The number of rotatable bonds is 4. The van der Waals surface area contributed by atoms with E-state index in [0.717, 1.165) is 31.6 Å². The first kappa shape index (κ1) is 17.7. The Kier molecular flexibility index (Phi) is 5.03. The highest BCUT2D eigenvalue weighted by molar-refractivity contribution is 5.96. The summed E-state index contributed by atoms with van der Waals surface area (Å²) in [4.78, 5) is 14.5. The van der Waals surface area contributed by atoms with Crippen molar-refractivity contribution >= 4 is 17.3 Å². The molecule has 0 saturated carbocycles. The van der Waals surface area contributed by atoms with Gasteiger partial charge < -0.3 is 24.7 Å². The number of nitrogens with two attached hydrogens (primary N) is 1. The number of nitriles is 1. The van der Waals surface area contributed by atoms with Crippen LogP contribution >= 0.6 is 0 Å². The predicted molar refractivity (Wildman–Crippen MR) is 98.9 cm³/mol. The van der Waals surface area contributed by atoms with E-state index < -0.39 is 5.97 Å². The maximum Gasteiger partial charge on any atom is 0.357 e. The minimum Gasteiger partial charge on any atom is -0.495 e. The van der Waals surface area contributed by atoms with E-state index in [1.165, 1.54) is 19.7 Å². The molecule has 0 atom stereocenters. The average molecular weight is 354 g/mol. The third-order valence-corrected chi connectivity index (χ3v) is 4.68. The first-order chi connectivity index (χ1) is 12.6. The van der Waals surface area contributed by atoms with Gasteiger partial charge in [0.25, 0.3) is 0 Å². The number of aromatic nitrogens is 1. The summed E-state index contributed by atoms with van der Waals surface area (Å²) >= 11 is 0.